The van der Waals surface area contributed by atoms with Crippen molar-refractivity contribution in [1.82, 2.24) is 29.1 Å². The van der Waals surface area contributed by atoms with Crippen LogP contribution in [0.2, 0.25) is 0 Å². The summed E-state index contributed by atoms with van der Waals surface area (Å²) in [5, 5.41) is 3.96. The summed E-state index contributed by atoms with van der Waals surface area (Å²) in [6.07, 6.45) is 3.78. The van der Waals surface area contributed by atoms with E-state index in [4.69, 9.17) is 4.52 Å². The summed E-state index contributed by atoms with van der Waals surface area (Å²) in [7, 11) is -3.25. The normalized spacial score (nSPS) is 24.3. The van der Waals surface area contributed by atoms with E-state index in [1.54, 1.807) is 11.8 Å². The van der Waals surface area contributed by atoms with E-state index < -0.39 is 10.0 Å². The fourth-order valence-electron chi connectivity index (χ4n) is 5.47. The van der Waals surface area contributed by atoms with Crippen LogP contribution >= 0.6 is 0 Å². The Hall–Kier alpha value is -2.05. The average molecular weight is 497 g/mol. The van der Waals surface area contributed by atoms with Crippen LogP contribution in [0.5, 0.6) is 0 Å². The van der Waals surface area contributed by atoms with E-state index in [-0.39, 0.29) is 35.7 Å². The minimum atomic E-state index is -3.25. The molecule has 0 bridgehead atoms. The third-order valence-corrected chi connectivity index (χ3v) is 8.77. The second kappa shape index (κ2) is 9.54. The van der Waals surface area contributed by atoms with Gasteiger partial charge in [0.1, 0.15) is 0 Å². The lowest BCUT2D eigenvalue weighted by molar-refractivity contribution is -0.136. The van der Waals surface area contributed by atoms with Crippen molar-refractivity contribution in [3.63, 3.8) is 0 Å². The highest BCUT2D eigenvalue weighted by atomic mass is 32.2. The zero-order valence-electron chi connectivity index (χ0n) is 20.6. The van der Waals surface area contributed by atoms with Gasteiger partial charge in [-0.15, -0.1) is 0 Å². The van der Waals surface area contributed by atoms with Gasteiger partial charge in [0.15, 0.2) is 5.82 Å². The highest BCUT2D eigenvalue weighted by Gasteiger charge is 2.49. The molecular formula is C22H36N6O5S. The highest BCUT2D eigenvalue weighted by molar-refractivity contribution is 7.88. The van der Waals surface area contributed by atoms with E-state index in [2.05, 4.69) is 15.0 Å². The van der Waals surface area contributed by atoms with Gasteiger partial charge in [-0.05, 0) is 31.6 Å². The van der Waals surface area contributed by atoms with Crippen molar-refractivity contribution < 1.29 is 22.5 Å². The van der Waals surface area contributed by atoms with E-state index >= 15 is 0 Å². The maximum Gasteiger partial charge on any atom is 0.244 e. The van der Waals surface area contributed by atoms with Gasteiger partial charge >= 0.3 is 0 Å². The molecule has 4 rings (SSSR count). The summed E-state index contributed by atoms with van der Waals surface area (Å²) in [5.74, 6) is 1.27. The van der Waals surface area contributed by atoms with Gasteiger partial charge in [0.25, 0.3) is 0 Å². The Morgan fingerprint density at radius 1 is 1.09 bits per heavy atom. The molecule has 0 aliphatic carbocycles. The lowest BCUT2D eigenvalue weighted by Crippen LogP contribution is -2.52. The second-order valence-corrected chi connectivity index (χ2v) is 12.3. The number of sulfonamides is 1. The summed E-state index contributed by atoms with van der Waals surface area (Å²) >= 11 is 0. The van der Waals surface area contributed by atoms with Crippen molar-refractivity contribution >= 4 is 21.8 Å². The van der Waals surface area contributed by atoms with Crippen LogP contribution in [0, 0.1) is 18.3 Å². The van der Waals surface area contributed by atoms with Crippen LogP contribution in [0.4, 0.5) is 0 Å². The largest absolute Gasteiger partial charge is 0.342 e. The summed E-state index contributed by atoms with van der Waals surface area (Å²) in [6.45, 7) is 9.47. The summed E-state index contributed by atoms with van der Waals surface area (Å²) < 4.78 is 30.5. The summed E-state index contributed by atoms with van der Waals surface area (Å²) in [6, 6.07) is -0.144. The first kappa shape index (κ1) is 25.1. The highest BCUT2D eigenvalue weighted by Crippen LogP contribution is 2.48. The Bertz CT molecular complexity index is 1010. The van der Waals surface area contributed by atoms with Crippen LogP contribution in [0.3, 0.4) is 0 Å². The van der Waals surface area contributed by atoms with Gasteiger partial charge in [0, 0.05) is 51.7 Å². The van der Waals surface area contributed by atoms with E-state index in [0.717, 1.165) is 38.9 Å². The Kier molecular flexibility index (Phi) is 7.03. The molecule has 2 amide bonds. The van der Waals surface area contributed by atoms with Gasteiger partial charge < -0.3 is 14.3 Å². The third-order valence-electron chi connectivity index (χ3n) is 7.46. The molecule has 1 aromatic heterocycles. The molecule has 4 heterocycles. The van der Waals surface area contributed by atoms with Crippen molar-refractivity contribution in [2.24, 2.45) is 11.3 Å². The van der Waals surface area contributed by atoms with E-state index in [1.807, 2.05) is 18.7 Å². The molecule has 1 aromatic rings. The molecule has 0 saturated carbocycles. The molecule has 12 heteroatoms. The van der Waals surface area contributed by atoms with Gasteiger partial charge in [0.2, 0.25) is 27.7 Å². The number of amides is 2. The van der Waals surface area contributed by atoms with Crippen molar-refractivity contribution in [1.29, 1.82) is 0 Å². The Morgan fingerprint density at radius 3 is 2.26 bits per heavy atom. The molecule has 1 atom stereocenters. The number of carbonyl (C=O) groups is 2. The van der Waals surface area contributed by atoms with Gasteiger partial charge in [0.05, 0.1) is 18.8 Å². The van der Waals surface area contributed by atoms with Crippen molar-refractivity contribution in [2.45, 2.75) is 46.1 Å². The lowest BCUT2D eigenvalue weighted by Gasteiger charge is -2.40. The standard InChI is InChI=1S/C22H36N6O5S/c1-16(2)21(30)26-7-5-22(6-8-26)13-18(20-23-17(3)24-33-20)27(15-22)14-19(29)25-9-11-28(12-10-25)34(4,31)32/h16,18H,5-15H2,1-4H3. The van der Waals surface area contributed by atoms with Gasteiger partial charge in [-0.25, -0.2) is 8.42 Å². The van der Waals surface area contributed by atoms with Gasteiger partial charge in [-0.1, -0.05) is 19.0 Å². The minimum Gasteiger partial charge on any atom is -0.342 e. The first-order valence-electron chi connectivity index (χ1n) is 12.0. The Morgan fingerprint density at radius 2 is 1.74 bits per heavy atom. The molecule has 0 aromatic carbocycles. The van der Waals surface area contributed by atoms with Gasteiger partial charge in [-0.2, -0.15) is 9.29 Å². The monoisotopic (exact) mass is 496 g/mol. The number of hydrogen-bond acceptors (Lipinski definition) is 8. The molecule has 0 radical (unpaired) electrons. The molecular weight excluding hydrogens is 460 g/mol. The third kappa shape index (κ3) is 5.28. The maximum atomic E-state index is 13.2. The number of piperazine rings is 1. The molecule has 11 nitrogen and oxygen atoms in total. The minimum absolute atomic E-state index is 0.00390. The number of hydrogen-bond donors (Lipinski definition) is 0. The van der Waals surface area contributed by atoms with Crippen LogP contribution in [0.1, 0.15) is 50.9 Å². The molecule has 3 aliphatic rings. The SMILES string of the molecule is Cc1noc(C2CC3(CCN(C(=O)C(C)C)CC3)CN2CC(=O)N2CCN(S(C)(=O)=O)CC2)n1. The molecule has 3 saturated heterocycles. The Labute approximate surface area is 201 Å². The lowest BCUT2D eigenvalue weighted by atomic mass is 9.76. The molecule has 1 spiro atoms. The summed E-state index contributed by atoms with van der Waals surface area (Å²) in [4.78, 5) is 35.9. The average Bonchev–Trinajstić information content (AvgIpc) is 3.36. The van der Waals surface area contributed by atoms with E-state index in [9.17, 15) is 18.0 Å². The second-order valence-electron chi connectivity index (χ2n) is 10.3. The molecule has 3 fully saturated rings. The molecule has 190 valence electrons. The van der Waals surface area contributed by atoms with Crippen LogP contribution in [-0.2, 0) is 19.6 Å². The van der Waals surface area contributed by atoms with Gasteiger partial charge in [-0.3, -0.25) is 14.5 Å². The fraction of sp³-hybridized carbons (Fsp3) is 0.818. The topological polar surface area (TPSA) is 120 Å². The van der Waals surface area contributed by atoms with Crippen LogP contribution in [-0.4, -0.2) is 108 Å². The molecule has 3 aliphatic heterocycles. The number of likely N-dealkylation sites (tertiary alicyclic amines) is 2. The number of rotatable bonds is 5. The number of piperidine rings is 1. The molecule has 1 unspecified atom stereocenters. The molecule has 34 heavy (non-hydrogen) atoms. The first-order chi connectivity index (χ1) is 16.0. The smallest absolute Gasteiger partial charge is 0.244 e. The fourth-order valence-corrected chi connectivity index (χ4v) is 6.30. The number of aromatic nitrogens is 2. The quantitative estimate of drug-likeness (QED) is 0.578. The molecule has 0 N–H and O–H groups in total. The van der Waals surface area contributed by atoms with E-state index in [0.29, 0.717) is 37.9 Å². The van der Waals surface area contributed by atoms with Crippen LogP contribution < -0.4 is 0 Å². The predicted molar refractivity (Wildman–Crippen MR) is 124 cm³/mol. The van der Waals surface area contributed by atoms with E-state index in [1.165, 1.54) is 10.6 Å². The number of aryl methyl sites for hydroxylation is 1. The van der Waals surface area contributed by atoms with Crippen LogP contribution in [0.15, 0.2) is 4.52 Å². The zero-order chi connectivity index (χ0) is 24.7. The predicted octanol–water partition coefficient (Wildman–Crippen LogP) is 0.493. The Balaban J connectivity index is 1.44. The number of nitrogens with zero attached hydrogens (tertiary/aromatic N) is 6. The van der Waals surface area contributed by atoms with Crippen molar-refractivity contribution in [3.05, 3.63) is 11.7 Å². The summed E-state index contributed by atoms with van der Waals surface area (Å²) in [5.41, 5.74) is -0.00390. The zero-order valence-corrected chi connectivity index (χ0v) is 21.4. The number of carbonyl (C=O) groups excluding carboxylic acids is 2. The van der Waals surface area contributed by atoms with Crippen molar-refractivity contribution in [3.8, 4) is 0 Å². The van der Waals surface area contributed by atoms with Crippen LogP contribution in [0.25, 0.3) is 0 Å². The first-order valence-corrected chi connectivity index (χ1v) is 13.9. The maximum absolute atomic E-state index is 13.2. The van der Waals surface area contributed by atoms with Crippen molar-refractivity contribution in [2.75, 3.05) is 58.6 Å².